The molecule has 11 heavy (non-hydrogen) atoms. The number of carbonyl (C=O) groups is 1. The standard InChI is InChI=1S/C4H7BrO2.C3H8O/c1-4(2,5)3(6)7;1-2-3-4/h1-2H3,(H,6,7);4H,2-3H2,1H3. The Morgan fingerprint density at radius 3 is 1.73 bits per heavy atom. The van der Waals surface area contributed by atoms with Gasteiger partial charge in [-0.15, -0.1) is 0 Å². The van der Waals surface area contributed by atoms with Crippen molar-refractivity contribution in [2.75, 3.05) is 6.61 Å². The predicted molar refractivity (Wildman–Crippen MR) is 48.0 cm³/mol. The van der Waals surface area contributed by atoms with Crippen molar-refractivity contribution in [2.24, 2.45) is 0 Å². The molecule has 0 aromatic carbocycles. The largest absolute Gasteiger partial charge is 0.480 e. The Hall–Kier alpha value is -0.0900. The number of alkyl halides is 1. The van der Waals surface area contributed by atoms with Crippen LogP contribution >= 0.6 is 15.9 Å². The van der Waals surface area contributed by atoms with E-state index in [4.69, 9.17) is 10.2 Å². The molecule has 2 N–H and O–H groups in total. The van der Waals surface area contributed by atoms with Crippen molar-refractivity contribution in [3.63, 3.8) is 0 Å². The van der Waals surface area contributed by atoms with Crippen molar-refractivity contribution in [3.8, 4) is 0 Å². The monoisotopic (exact) mass is 226 g/mol. The number of carboxylic acid groups (broad SMARTS) is 1. The van der Waals surface area contributed by atoms with Gasteiger partial charge in [-0.3, -0.25) is 4.79 Å². The van der Waals surface area contributed by atoms with E-state index < -0.39 is 10.3 Å². The molecule has 68 valence electrons. The number of carboxylic acids is 1. The van der Waals surface area contributed by atoms with Gasteiger partial charge in [0, 0.05) is 6.61 Å². The molecule has 3 nitrogen and oxygen atoms in total. The third-order valence-electron chi connectivity index (χ3n) is 0.732. The first-order valence-corrected chi connectivity index (χ1v) is 4.18. The molecule has 0 heterocycles. The number of aliphatic hydroxyl groups is 1. The SMILES string of the molecule is CC(C)(Br)C(=O)O.CCCO. The Bertz CT molecular complexity index is 105. The molecule has 0 unspecified atom stereocenters. The fraction of sp³-hybridized carbons (Fsp3) is 0.857. The van der Waals surface area contributed by atoms with Gasteiger partial charge in [-0.25, -0.2) is 0 Å². The highest BCUT2D eigenvalue weighted by atomic mass is 79.9. The first kappa shape index (κ1) is 13.5. The van der Waals surface area contributed by atoms with Gasteiger partial charge in [0.05, 0.1) is 0 Å². The molecular formula is C7H15BrO3. The summed E-state index contributed by atoms with van der Waals surface area (Å²) in [6, 6.07) is 0. The lowest BCUT2D eigenvalue weighted by atomic mass is 10.2. The van der Waals surface area contributed by atoms with Gasteiger partial charge in [0.15, 0.2) is 0 Å². The quantitative estimate of drug-likeness (QED) is 0.705. The topological polar surface area (TPSA) is 57.5 Å². The Labute approximate surface area is 75.6 Å². The summed E-state index contributed by atoms with van der Waals surface area (Å²) >= 11 is 2.94. The molecule has 0 fully saturated rings. The van der Waals surface area contributed by atoms with Crippen LogP contribution in [-0.4, -0.2) is 27.1 Å². The maximum absolute atomic E-state index is 9.97. The van der Waals surface area contributed by atoms with Gasteiger partial charge in [-0.1, -0.05) is 22.9 Å². The summed E-state index contributed by atoms with van der Waals surface area (Å²) in [5.74, 6) is -0.840. The lowest BCUT2D eigenvalue weighted by molar-refractivity contribution is -0.138. The van der Waals surface area contributed by atoms with Gasteiger partial charge >= 0.3 is 5.97 Å². The van der Waals surface area contributed by atoms with Crippen LogP contribution in [0.25, 0.3) is 0 Å². The average molecular weight is 227 g/mol. The second-order valence-electron chi connectivity index (χ2n) is 2.50. The van der Waals surface area contributed by atoms with Crippen molar-refractivity contribution < 1.29 is 15.0 Å². The summed E-state index contributed by atoms with van der Waals surface area (Å²) < 4.78 is -0.771. The molecule has 0 aliphatic heterocycles. The lowest BCUT2D eigenvalue weighted by Crippen LogP contribution is -2.22. The van der Waals surface area contributed by atoms with Crippen LogP contribution in [0.1, 0.15) is 27.2 Å². The van der Waals surface area contributed by atoms with E-state index in [1.54, 1.807) is 13.8 Å². The van der Waals surface area contributed by atoms with Crippen LogP contribution in [0.5, 0.6) is 0 Å². The number of hydrogen-bond acceptors (Lipinski definition) is 2. The molecule has 4 heteroatoms. The number of halogens is 1. The molecule has 0 aliphatic carbocycles. The van der Waals surface area contributed by atoms with Crippen molar-refractivity contribution >= 4 is 21.9 Å². The molecule has 0 spiro atoms. The van der Waals surface area contributed by atoms with Crippen LogP contribution < -0.4 is 0 Å². The molecule has 0 saturated heterocycles. The fourth-order valence-electron chi connectivity index (χ4n) is 0. The summed E-state index contributed by atoms with van der Waals surface area (Å²) in [5, 5.41) is 16.1. The number of aliphatic carboxylic acids is 1. The van der Waals surface area contributed by atoms with E-state index in [9.17, 15) is 4.79 Å². The van der Waals surface area contributed by atoms with Crippen LogP contribution in [0.2, 0.25) is 0 Å². The third-order valence-corrected chi connectivity index (χ3v) is 1.07. The molecule has 0 bridgehead atoms. The third kappa shape index (κ3) is 13.0. The van der Waals surface area contributed by atoms with Gasteiger partial charge in [0.2, 0.25) is 0 Å². The summed E-state index contributed by atoms with van der Waals surface area (Å²) in [5.41, 5.74) is 0. The highest BCUT2D eigenvalue weighted by molar-refractivity contribution is 9.10. The van der Waals surface area contributed by atoms with Crippen LogP contribution in [0.15, 0.2) is 0 Å². The van der Waals surface area contributed by atoms with E-state index in [1.165, 1.54) is 0 Å². The molecular weight excluding hydrogens is 212 g/mol. The number of hydrogen-bond donors (Lipinski definition) is 2. The number of rotatable bonds is 2. The highest BCUT2D eigenvalue weighted by Gasteiger charge is 2.21. The molecule has 0 aliphatic rings. The molecule has 0 atom stereocenters. The van der Waals surface area contributed by atoms with Crippen molar-refractivity contribution in [3.05, 3.63) is 0 Å². The smallest absolute Gasteiger partial charge is 0.319 e. The molecule has 0 aromatic heterocycles. The lowest BCUT2D eigenvalue weighted by Gasteiger charge is -2.06. The fourth-order valence-corrected chi connectivity index (χ4v) is 0. The van der Waals surface area contributed by atoms with E-state index in [-0.39, 0.29) is 0 Å². The maximum atomic E-state index is 9.97. The second kappa shape index (κ2) is 6.61. The molecule has 0 amide bonds. The summed E-state index contributed by atoms with van der Waals surface area (Å²) in [6.45, 7) is 5.41. The van der Waals surface area contributed by atoms with Gasteiger partial charge in [0.1, 0.15) is 4.32 Å². The highest BCUT2D eigenvalue weighted by Crippen LogP contribution is 2.14. The van der Waals surface area contributed by atoms with E-state index in [1.807, 2.05) is 6.92 Å². The predicted octanol–water partition coefficient (Wildman–Crippen LogP) is 1.63. The number of aliphatic hydroxyl groups excluding tert-OH is 1. The average Bonchev–Trinajstić information content (AvgIpc) is 1.87. The van der Waals surface area contributed by atoms with Gasteiger partial charge < -0.3 is 10.2 Å². The van der Waals surface area contributed by atoms with E-state index >= 15 is 0 Å². The molecule has 0 rings (SSSR count). The Kier molecular flexibility index (Phi) is 8.11. The van der Waals surface area contributed by atoms with E-state index in [2.05, 4.69) is 15.9 Å². The van der Waals surface area contributed by atoms with Crippen molar-refractivity contribution in [1.29, 1.82) is 0 Å². The molecule has 0 aromatic rings. The maximum Gasteiger partial charge on any atom is 0.319 e. The van der Waals surface area contributed by atoms with Gasteiger partial charge in [0.25, 0.3) is 0 Å². The molecule has 0 saturated carbocycles. The van der Waals surface area contributed by atoms with Crippen LogP contribution in [-0.2, 0) is 4.79 Å². The van der Waals surface area contributed by atoms with Gasteiger partial charge in [-0.05, 0) is 20.3 Å². The summed E-state index contributed by atoms with van der Waals surface area (Å²) in [6.07, 6.45) is 0.875. The van der Waals surface area contributed by atoms with Crippen molar-refractivity contribution in [2.45, 2.75) is 31.5 Å². The van der Waals surface area contributed by atoms with Crippen LogP contribution in [0.3, 0.4) is 0 Å². The first-order valence-electron chi connectivity index (χ1n) is 3.39. The Morgan fingerprint density at radius 1 is 1.55 bits per heavy atom. The minimum Gasteiger partial charge on any atom is -0.480 e. The Morgan fingerprint density at radius 2 is 1.73 bits per heavy atom. The van der Waals surface area contributed by atoms with Gasteiger partial charge in [-0.2, -0.15) is 0 Å². The molecule has 0 radical (unpaired) electrons. The normalized spacial score (nSPS) is 9.91. The van der Waals surface area contributed by atoms with E-state index in [0.717, 1.165) is 6.42 Å². The first-order chi connectivity index (χ1) is 4.86. The van der Waals surface area contributed by atoms with Crippen molar-refractivity contribution in [1.82, 2.24) is 0 Å². The van der Waals surface area contributed by atoms with Crippen LogP contribution in [0.4, 0.5) is 0 Å². The summed E-state index contributed by atoms with van der Waals surface area (Å²) in [4.78, 5) is 9.97. The minimum atomic E-state index is -0.840. The second-order valence-corrected chi connectivity index (χ2v) is 4.48. The zero-order valence-electron chi connectivity index (χ0n) is 7.09. The van der Waals surface area contributed by atoms with E-state index in [0.29, 0.717) is 6.61 Å². The van der Waals surface area contributed by atoms with Crippen LogP contribution in [0, 0.1) is 0 Å². The zero-order chi connectivity index (χ0) is 9.49. The summed E-state index contributed by atoms with van der Waals surface area (Å²) in [7, 11) is 0. The Balaban J connectivity index is 0. The zero-order valence-corrected chi connectivity index (χ0v) is 8.68. The minimum absolute atomic E-state index is 0.319.